The summed E-state index contributed by atoms with van der Waals surface area (Å²) in [5.74, 6) is 1.36. The summed E-state index contributed by atoms with van der Waals surface area (Å²) >= 11 is 0. The van der Waals surface area contributed by atoms with Gasteiger partial charge >= 0.3 is 0 Å². The zero-order chi connectivity index (χ0) is 25.5. The standard InChI is InChI=1S/C28H35N3O5/c1-23(2)9-11-35-21-18(36-23)7-6-17-20(21)29-14-25(17)13-26-15-31-10-8-27(34,16-32)28(31,22(33)30(26)5)12-19(26)24(25,3)4/h6-7,9,11,14,19,32,34H,8,10,12-13,15-16H2,1-5H3/t19-,25-,26+,27?,28-/m0/s1. The first-order chi connectivity index (χ1) is 16.9. The fourth-order valence-corrected chi connectivity index (χ4v) is 8.89. The Hall–Kier alpha value is -2.42. The smallest absolute Gasteiger partial charge is 0.246 e. The predicted molar refractivity (Wildman–Crippen MR) is 134 cm³/mol. The van der Waals surface area contributed by atoms with E-state index in [2.05, 4.69) is 31.0 Å². The van der Waals surface area contributed by atoms with Crippen molar-refractivity contribution in [2.75, 3.05) is 26.7 Å². The molecular formula is C28H35N3O5. The molecule has 1 aromatic rings. The average Bonchev–Trinajstić information content (AvgIpc) is 3.36. The van der Waals surface area contributed by atoms with Gasteiger partial charge in [-0.05, 0) is 62.1 Å². The van der Waals surface area contributed by atoms with Crippen molar-refractivity contribution in [3.05, 3.63) is 30.0 Å². The molecule has 192 valence electrons. The molecule has 8 rings (SSSR count). The monoisotopic (exact) mass is 493 g/mol. The van der Waals surface area contributed by atoms with E-state index in [1.165, 1.54) is 0 Å². The number of hydrogen-bond donors (Lipinski definition) is 2. The maximum Gasteiger partial charge on any atom is 0.246 e. The largest absolute Gasteiger partial charge is 0.480 e. The van der Waals surface area contributed by atoms with E-state index in [0.717, 1.165) is 17.7 Å². The number of likely N-dealkylation sites (N-methyl/N-ethyl adjacent to an activating group) is 1. The SMILES string of the molecule is CN1C(=O)[C@]23C[C@H]4C(C)(C)[C@]5(C=Nc6c5ccc5c6OC=CC(C)(C)O5)C[C@@]41CN2CCC3(O)CO. The molecule has 7 aliphatic rings. The molecule has 2 N–H and O–H groups in total. The number of aliphatic hydroxyl groups is 2. The molecule has 0 radical (unpaired) electrons. The van der Waals surface area contributed by atoms with Gasteiger partial charge in [0.1, 0.15) is 22.4 Å². The molecule has 8 nitrogen and oxygen atoms in total. The predicted octanol–water partition coefficient (Wildman–Crippen LogP) is 2.53. The lowest BCUT2D eigenvalue weighted by atomic mass is 9.55. The number of fused-ring (bicyclic) bond motifs is 5. The number of aliphatic hydroxyl groups excluding tert-OH is 1. The first kappa shape index (κ1) is 22.8. The Bertz CT molecular complexity index is 1270. The highest BCUT2D eigenvalue weighted by molar-refractivity contribution is 5.94. The second-order valence-corrected chi connectivity index (χ2v) is 13.0. The van der Waals surface area contributed by atoms with Crippen molar-refractivity contribution in [3.8, 4) is 11.5 Å². The van der Waals surface area contributed by atoms with E-state index in [9.17, 15) is 15.0 Å². The summed E-state index contributed by atoms with van der Waals surface area (Å²) in [6.45, 7) is 9.45. The third-order valence-electron chi connectivity index (χ3n) is 10.9. The number of piperazine rings is 1. The molecule has 1 saturated carbocycles. The summed E-state index contributed by atoms with van der Waals surface area (Å²) < 4.78 is 12.3. The molecule has 5 fully saturated rings. The minimum Gasteiger partial charge on any atom is -0.480 e. The van der Waals surface area contributed by atoms with Gasteiger partial charge in [0, 0.05) is 31.8 Å². The van der Waals surface area contributed by atoms with Crippen LogP contribution in [0.15, 0.2) is 29.5 Å². The number of amides is 1. The second kappa shape index (κ2) is 6.34. The van der Waals surface area contributed by atoms with E-state index in [1.807, 2.05) is 37.9 Å². The fourth-order valence-electron chi connectivity index (χ4n) is 8.89. The van der Waals surface area contributed by atoms with Gasteiger partial charge in [0.2, 0.25) is 5.91 Å². The van der Waals surface area contributed by atoms with Gasteiger partial charge in [-0.1, -0.05) is 19.9 Å². The van der Waals surface area contributed by atoms with Gasteiger partial charge in [-0.3, -0.25) is 14.7 Å². The summed E-state index contributed by atoms with van der Waals surface area (Å²) in [5, 5.41) is 21.8. The number of carbonyl (C=O) groups is 1. The molecule has 1 aliphatic carbocycles. The third kappa shape index (κ3) is 2.21. The highest BCUT2D eigenvalue weighted by Crippen LogP contribution is 2.72. The lowest BCUT2D eigenvalue weighted by molar-refractivity contribution is -0.213. The minimum atomic E-state index is -1.43. The summed E-state index contributed by atoms with van der Waals surface area (Å²) in [7, 11) is 1.90. The van der Waals surface area contributed by atoms with E-state index in [4.69, 9.17) is 14.5 Å². The number of ether oxygens (including phenoxy) is 2. The van der Waals surface area contributed by atoms with Crippen molar-refractivity contribution in [2.24, 2.45) is 16.3 Å². The fraction of sp³-hybridized carbons (Fsp3) is 0.643. The molecule has 6 aliphatic heterocycles. The maximum atomic E-state index is 14.0. The van der Waals surface area contributed by atoms with Crippen LogP contribution in [0.3, 0.4) is 0 Å². The van der Waals surface area contributed by atoms with E-state index in [0.29, 0.717) is 37.4 Å². The second-order valence-electron chi connectivity index (χ2n) is 13.0. The summed E-state index contributed by atoms with van der Waals surface area (Å²) in [4.78, 5) is 23.0. The molecule has 0 aromatic heterocycles. The van der Waals surface area contributed by atoms with Gasteiger partial charge in [-0.25, -0.2) is 0 Å². The van der Waals surface area contributed by atoms with Crippen molar-refractivity contribution < 1.29 is 24.5 Å². The molecule has 1 unspecified atom stereocenters. The van der Waals surface area contributed by atoms with Crippen LogP contribution in [0.1, 0.15) is 52.5 Å². The summed E-state index contributed by atoms with van der Waals surface area (Å²) in [6.07, 6.45) is 7.36. The van der Waals surface area contributed by atoms with Crippen LogP contribution < -0.4 is 9.47 Å². The lowest BCUT2D eigenvalue weighted by Gasteiger charge is -2.66. The van der Waals surface area contributed by atoms with Crippen LogP contribution >= 0.6 is 0 Å². The van der Waals surface area contributed by atoms with Crippen LogP contribution in [0.4, 0.5) is 5.69 Å². The van der Waals surface area contributed by atoms with E-state index in [1.54, 1.807) is 6.26 Å². The van der Waals surface area contributed by atoms with Crippen molar-refractivity contribution in [3.63, 3.8) is 0 Å². The van der Waals surface area contributed by atoms with E-state index >= 15 is 0 Å². The third-order valence-corrected chi connectivity index (χ3v) is 10.9. The highest BCUT2D eigenvalue weighted by Gasteiger charge is 2.81. The molecule has 5 atom stereocenters. The molecular weight excluding hydrogens is 458 g/mol. The summed E-state index contributed by atoms with van der Waals surface area (Å²) in [6, 6.07) is 4.11. The average molecular weight is 494 g/mol. The van der Waals surface area contributed by atoms with Gasteiger partial charge in [-0.15, -0.1) is 0 Å². The molecule has 4 saturated heterocycles. The quantitative estimate of drug-likeness (QED) is 0.625. The Morgan fingerprint density at radius 3 is 2.75 bits per heavy atom. The topological polar surface area (TPSA) is 94.8 Å². The molecule has 6 heterocycles. The van der Waals surface area contributed by atoms with Crippen molar-refractivity contribution in [1.29, 1.82) is 0 Å². The molecule has 8 heteroatoms. The van der Waals surface area contributed by atoms with Gasteiger partial charge in [-0.2, -0.15) is 0 Å². The zero-order valence-corrected chi connectivity index (χ0v) is 21.7. The van der Waals surface area contributed by atoms with Crippen molar-refractivity contribution in [1.82, 2.24) is 9.80 Å². The van der Waals surface area contributed by atoms with Crippen LogP contribution in [0.5, 0.6) is 11.5 Å². The van der Waals surface area contributed by atoms with Gasteiger partial charge in [0.05, 0.1) is 18.4 Å². The van der Waals surface area contributed by atoms with Crippen molar-refractivity contribution in [2.45, 2.75) is 74.7 Å². The molecule has 3 spiro atoms. The number of aliphatic imine (C=N–C) groups is 1. The first-order valence-corrected chi connectivity index (χ1v) is 13.0. The molecule has 1 amide bonds. The number of rotatable bonds is 1. The Labute approximate surface area is 211 Å². The van der Waals surface area contributed by atoms with E-state index < -0.39 is 28.8 Å². The zero-order valence-electron chi connectivity index (χ0n) is 21.7. The Balaban J connectivity index is 1.39. The normalized spacial score (nSPS) is 42.6. The van der Waals surface area contributed by atoms with Crippen LogP contribution in [-0.4, -0.2) is 81.2 Å². The number of nitrogens with zero attached hydrogens (tertiary/aromatic N) is 3. The lowest BCUT2D eigenvalue weighted by Crippen LogP contribution is -2.83. The first-order valence-electron chi connectivity index (χ1n) is 13.0. The van der Waals surface area contributed by atoms with Crippen LogP contribution in [0.25, 0.3) is 0 Å². The number of hydrogen-bond acceptors (Lipinski definition) is 7. The Morgan fingerprint density at radius 2 is 2.00 bits per heavy atom. The van der Waals surface area contributed by atoms with Crippen LogP contribution in [-0.2, 0) is 10.2 Å². The molecule has 2 bridgehead atoms. The molecule has 36 heavy (non-hydrogen) atoms. The van der Waals surface area contributed by atoms with Crippen LogP contribution in [0, 0.1) is 11.3 Å². The summed E-state index contributed by atoms with van der Waals surface area (Å²) in [5.41, 5.74) is -2.17. The number of benzene rings is 1. The van der Waals surface area contributed by atoms with E-state index in [-0.39, 0.29) is 22.8 Å². The number of carbonyl (C=O) groups excluding carboxylic acids is 1. The molecule has 1 aromatic carbocycles. The van der Waals surface area contributed by atoms with Gasteiger partial charge in [0.15, 0.2) is 11.5 Å². The van der Waals surface area contributed by atoms with Crippen molar-refractivity contribution >= 4 is 17.8 Å². The van der Waals surface area contributed by atoms with Gasteiger partial charge in [0.25, 0.3) is 0 Å². The van der Waals surface area contributed by atoms with Gasteiger partial charge < -0.3 is 24.6 Å². The Morgan fingerprint density at radius 1 is 1.22 bits per heavy atom. The van der Waals surface area contributed by atoms with Crippen LogP contribution in [0.2, 0.25) is 0 Å². The Kier molecular flexibility index (Phi) is 4.01. The maximum absolute atomic E-state index is 14.0. The highest BCUT2D eigenvalue weighted by atomic mass is 16.5. The number of piperidine rings is 2. The minimum absolute atomic E-state index is 0.0620.